The van der Waals surface area contributed by atoms with Crippen molar-refractivity contribution in [2.45, 2.75) is 24.3 Å². The van der Waals surface area contributed by atoms with Gasteiger partial charge in [-0.3, -0.25) is 0 Å². The Hall–Kier alpha value is -1.12. The van der Waals surface area contributed by atoms with Crippen molar-refractivity contribution in [3.8, 4) is 5.75 Å². The molecule has 1 aliphatic rings. The van der Waals surface area contributed by atoms with Crippen LogP contribution in [-0.2, 0) is 19.9 Å². The van der Waals surface area contributed by atoms with Crippen molar-refractivity contribution in [2.75, 3.05) is 11.5 Å². The largest absolute Gasteiger partial charge is 0.489 e. The molecule has 1 saturated heterocycles. The summed E-state index contributed by atoms with van der Waals surface area (Å²) in [6.07, 6.45) is 0.0860. The minimum absolute atomic E-state index is 0.00296. The zero-order chi connectivity index (χ0) is 14.3. The van der Waals surface area contributed by atoms with Gasteiger partial charge in [0.05, 0.1) is 16.4 Å². The molecule has 0 radical (unpaired) electrons. The molecule has 0 bridgehead atoms. The van der Waals surface area contributed by atoms with Crippen molar-refractivity contribution in [2.24, 2.45) is 5.14 Å². The monoisotopic (exact) mass is 305 g/mol. The quantitative estimate of drug-likeness (QED) is 0.859. The van der Waals surface area contributed by atoms with Crippen LogP contribution in [0.4, 0.5) is 0 Å². The van der Waals surface area contributed by atoms with Crippen LogP contribution in [0.2, 0.25) is 0 Å². The van der Waals surface area contributed by atoms with Crippen LogP contribution in [0.15, 0.2) is 23.1 Å². The predicted molar refractivity (Wildman–Crippen MR) is 70.2 cm³/mol. The first-order chi connectivity index (χ1) is 8.67. The van der Waals surface area contributed by atoms with Gasteiger partial charge in [0.2, 0.25) is 10.0 Å². The van der Waals surface area contributed by atoms with Crippen molar-refractivity contribution < 1.29 is 21.6 Å². The lowest BCUT2D eigenvalue weighted by Gasteiger charge is -2.13. The molecule has 1 aliphatic heterocycles. The van der Waals surface area contributed by atoms with Gasteiger partial charge in [-0.15, -0.1) is 0 Å². The number of primary sulfonamides is 1. The zero-order valence-corrected chi connectivity index (χ0v) is 12.0. The van der Waals surface area contributed by atoms with Gasteiger partial charge in [-0.05, 0) is 37.1 Å². The van der Waals surface area contributed by atoms with Crippen molar-refractivity contribution in [1.29, 1.82) is 0 Å². The molecule has 2 rings (SSSR count). The second-order valence-corrected chi connectivity index (χ2v) is 8.37. The molecule has 1 heterocycles. The molecule has 1 aromatic carbocycles. The van der Waals surface area contributed by atoms with E-state index in [1.165, 1.54) is 12.1 Å². The summed E-state index contributed by atoms with van der Waals surface area (Å²) in [4.78, 5) is 0.0406. The fourth-order valence-electron chi connectivity index (χ4n) is 2.06. The number of nitrogens with two attached hydrogens (primary N) is 1. The maximum absolute atomic E-state index is 11.3. The first-order valence-corrected chi connectivity index (χ1v) is 9.05. The highest BCUT2D eigenvalue weighted by atomic mass is 32.2. The SMILES string of the molecule is Cc1cc(OC2CCS(=O)(=O)C2)ccc1S(N)(=O)=O. The highest BCUT2D eigenvalue weighted by Gasteiger charge is 2.29. The van der Waals surface area contributed by atoms with E-state index in [1.807, 2.05) is 0 Å². The van der Waals surface area contributed by atoms with E-state index in [9.17, 15) is 16.8 Å². The normalized spacial score (nSPS) is 22.3. The van der Waals surface area contributed by atoms with Crippen LogP contribution in [-0.4, -0.2) is 34.4 Å². The van der Waals surface area contributed by atoms with Gasteiger partial charge in [0, 0.05) is 0 Å². The smallest absolute Gasteiger partial charge is 0.238 e. The minimum Gasteiger partial charge on any atom is -0.489 e. The highest BCUT2D eigenvalue weighted by molar-refractivity contribution is 7.91. The van der Waals surface area contributed by atoms with E-state index in [2.05, 4.69) is 0 Å². The number of aryl methyl sites for hydroxylation is 1. The van der Waals surface area contributed by atoms with Crippen LogP contribution in [0, 0.1) is 6.92 Å². The third kappa shape index (κ3) is 3.46. The molecule has 0 aromatic heterocycles. The summed E-state index contributed by atoms with van der Waals surface area (Å²) in [5, 5.41) is 5.06. The summed E-state index contributed by atoms with van der Waals surface area (Å²) in [6, 6.07) is 4.39. The third-order valence-corrected chi connectivity index (χ3v) is 5.75. The van der Waals surface area contributed by atoms with Gasteiger partial charge in [0.25, 0.3) is 0 Å². The van der Waals surface area contributed by atoms with E-state index >= 15 is 0 Å². The number of sulfonamides is 1. The number of hydrogen-bond donors (Lipinski definition) is 1. The molecule has 2 N–H and O–H groups in total. The molecular weight excluding hydrogens is 290 g/mol. The minimum atomic E-state index is -3.75. The summed E-state index contributed by atoms with van der Waals surface area (Å²) in [5.41, 5.74) is 0.473. The molecule has 106 valence electrons. The van der Waals surface area contributed by atoms with Crippen molar-refractivity contribution in [1.82, 2.24) is 0 Å². The standard InChI is InChI=1S/C11H15NO5S2/c1-8-6-9(2-3-11(8)19(12,15)16)17-10-4-5-18(13,14)7-10/h2-3,6,10H,4-5,7H2,1H3,(H2,12,15,16). The van der Waals surface area contributed by atoms with Crippen molar-refractivity contribution >= 4 is 19.9 Å². The number of sulfone groups is 1. The van der Waals surface area contributed by atoms with Crippen LogP contribution >= 0.6 is 0 Å². The maximum Gasteiger partial charge on any atom is 0.238 e. The fourth-order valence-corrected chi connectivity index (χ4v) is 4.42. The molecule has 8 heteroatoms. The summed E-state index contributed by atoms with van der Waals surface area (Å²) in [5.74, 6) is 0.585. The molecule has 1 atom stereocenters. The molecule has 1 unspecified atom stereocenters. The Bertz CT molecular complexity index is 694. The lowest BCUT2D eigenvalue weighted by Crippen LogP contribution is -2.18. The molecule has 0 saturated carbocycles. The Morgan fingerprint density at radius 1 is 1.37 bits per heavy atom. The lowest BCUT2D eigenvalue weighted by atomic mass is 10.2. The number of rotatable bonds is 3. The van der Waals surface area contributed by atoms with Crippen LogP contribution in [0.25, 0.3) is 0 Å². The molecule has 0 spiro atoms. The second kappa shape index (κ2) is 4.77. The highest BCUT2D eigenvalue weighted by Crippen LogP contribution is 2.24. The molecule has 6 nitrogen and oxygen atoms in total. The number of benzene rings is 1. The second-order valence-electron chi connectivity index (χ2n) is 4.62. The summed E-state index contributed by atoms with van der Waals surface area (Å²) in [6.45, 7) is 1.61. The predicted octanol–water partition coefficient (Wildman–Crippen LogP) is 0.208. The summed E-state index contributed by atoms with van der Waals surface area (Å²) >= 11 is 0. The first-order valence-electron chi connectivity index (χ1n) is 5.68. The molecule has 0 aliphatic carbocycles. The molecule has 1 aromatic rings. The maximum atomic E-state index is 11.3. The Morgan fingerprint density at radius 2 is 2.05 bits per heavy atom. The van der Waals surface area contributed by atoms with E-state index in [0.29, 0.717) is 17.7 Å². The van der Waals surface area contributed by atoms with Gasteiger partial charge in [-0.2, -0.15) is 0 Å². The van der Waals surface area contributed by atoms with Crippen LogP contribution in [0.1, 0.15) is 12.0 Å². The summed E-state index contributed by atoms with van der Waals surface area (Å²) in [7, 11) is -6.75. The molecule has 19 heavy (non-hydrogen) atoms. The van der Waals surface area contributed by atoms with Gasteiger partial charge in [0.15, 0.2) is 9.84 Å². The zero-order valence-electron chi connectivity index (χ0n) is 10.4. The van der Waals surface area contributed by atoms with Gasteiger partial charge >= 0.3 is 0 Å². The molecule has 1 fully saturated rings. The summed E-state index contributed by atoms with van der Waals surface area (Å²) < 4.78 is 50.7. The topological polar surface area (TPSA) is 104 Å². The average Bonchev–Trinajstić information content (AvgIpc) is 2.56. The van der Waals surface area contributed by atoms with E-state index in [-0.39, 0.29) is 22.5 Å². The molecular formula is C11H15NO5S2. The van der Waals surface area contributed by atoms with Crippen molar-refractivity contribution in [3.63, 3.8) is 0 Å². The van der Waals surface area contributed by atoms with Gasteiger partial charge in [-0.1, -0.05) is 0 Å². The van der Waals surface area contributed by atoms with Crippen molar-refractivity contribution in [3.05, 3.63) is 23.8 Å². The Morgan fingerprint density at radius 3 is 2.53 bits per heavy atom. The number of ether oxygens (including phenoxy) is 1. The van der Waals surface area contributed by atoms with E-state index in [1.54, 1.807) is 13.0 Å². The Kier molecular flexibility index (Phi) is 3.59. The third-order valence-electron chi connectivity index (χ3n) is 2.95. The van der Waals surface area contributed by atoms with E-state index < -0.39 is 19.9 Å². The molecule has 0 amide bonds. The fraction of sp³-hybridized carbons (Fsp3) is 0.455. The van der Waals surface area contributed by atoms with E-state index in [0.717, 1.165) is 0 Å². The van der Waals surface area contributed by atoms with Gasteiger partial charge < -0.3 is 4.74 Å². The average molecular weight is 305 g/mol. The first kappa shape index (κ1) is 14.3. The van der Waals surface area contributed by atoms with Crippen LogP contribution < -0.4 is 9.88 Å². The van der Waals surface area contributed by atoms with Crippen LogP contribution in [0.5, 0.6) is 5.75 Å². The van der Waals surface area contributed by atoms with Crippen LogP contribution in [0.3, 0.4) is 0 Å². The Labute approximate surface area is 112 Å². The van der Waals surface area contributed by atoms with Gasteiger partial charge in [0.1, 0.15) is 11.9 Å². The Balaban J connectivity index is 2.18. The number of hydrogen-bond acceptors (Lipinski definition) is 5. The lowest BCUT2D eigenvalue weighted by molar-refractivity contribution is 0.228. The van der Waals surface area contributed by atoms with Gasteiger partial charge in [-0.25, -0.2) is 22.0 Å². The van der Waals surface area contributed by atoms with E-state index in [4.69, 9.17) is 9.88 Å².